The number of carbonyl (C=O) groups excluding carboxylic acids is 1. The second kappa shape index (κ2) is 10.4. The second-order valence-corrected chi connectivity index (χ2v) is 7.72. The Labute approximate surface area is 185 Å². The van der Waals surface area contributed by atoms with E-state index in [9.17, 15) is 4.79 Å². The van der Waals surface area contributed by atoms with Gasteiger partial charge < -0.3 is 10.1 Å². The molecule has 0 unspecified atom stereocenters. The Balaban J connectivity index is 1.46. The molecule has 0 radical (unpaired) electrons. The highest BCUT2D eigenvalue weighted by molar-refractivity contribution is 7.99. The molecule has 0 aliphatic heterocycles. The van der Waals surface area contributed by atoms with E-state index >= 15 is 0 Å². The van der Waals surface area contributed by atoms with Gasteiger partial charge in [0.25, 0.3) is 0 Å². The number of hydrogen-bond acceptors (Lipinski definition) is 5. The molecule has 4 aromatic rings. The number of amides is 1. The summed E-state index contributed by atoms with van der Waals surface area (Å²) in [6.45, 7) is 0.893. The molecule has 1 aromatic heterocycles. The predicted octanol–water partition coefficient (Wildman–Crippen LogP) is 4.64. The minimum Gasteiger partial charge on any atom is -0.486 e. The molecule has 0 aliphatic carbocycles. The van der Waals surface area contributed by atoms with Crippen LogP contribution in [0.4, 0.5) is 5.69 Å². The molecule has 0 fully saturated rings. The average Bonchev–Trinajstić information content (AvgIpc) is 3.19. The van der Waals surface area contributed by atoms with Gasteiger partial charge >= 0.3 is 0 Å². The van der Waals surface area contributed by atoms with Gasteiger partial charge in [-0.1, -0.05) is 78.5 Å². The number of benzene rings is 3. The number of thioether (sulfide) groups is 1. The number of anilines is 1. The van der Waals surface area contributed by atoms with Crippen molar-refractivity contribution in [2.24, 2.45) is 0 Å². The van der Waals surface area contributed by atoms with Crippen molar-refractivity contribution in [3.8, 4) is 5.75 Å². The fraction of sp³-hybridized carbons (Fsp3) is 0.125. The first-order valence-electron chi connectivity index (χ1n) is 9.89. The van der Waals surface area contributed by atoms with Crippen LogP contribution in [0.15, 0.2) is 96.2 Å². The van der Waals surface area contributed by atoms with Gasteiger partial charge in [0.2, 0.25) is 5.91 Å². The summed E-state index contributed by atoms with van der Waals surface area (Å²) >= 11 is 1.36. The van der Waals surface area contributed by atoms with Crippen molar-refractivity contribution in [1.29, 1.82) is 0 Å². The van der Waals surface area contributed by atoms with Gasteiger partial charge in [-0.05, 0) is 29.8 Å². The molecule has 0 spiro atoms. The Morgan fingerprint density at radius 3 is 2.23 bits per heavy atom. The molecule has 0 saturated heterocycles. The van der Waals surface area contributed by atoms with Crippen LogP contribution in [0.5, 0.6) is 5.75 Å². The molecule has 0 saturated carbocycles. The largest absolute Gasteiger partial charge is 0.486 e. The standard InChI is InChI=1S/C24H22N4O2S/c29-23(25-20-12-6-2-7-13-20)18-31-24-27-26-22(17-30-21-14-8-3-9-15-21)28(24)16-19-10-4-1-5-11-19/h1-15H,16-18H2,(H,25,29). The molecule has 31 heavy (non-hydrogen) atoms. The lowest BCUT2D eigenvalue weighted by molar-refractivity contribution is -0.113. The Morgan fingerprint density at radius 1 is 0.871 bits per heavy atom. The van der Waals surface area contributed by atoms with E-state index in [0.29, 0.717) is 24.1 Å². The van der Waals surface area contributed by atoms with Crippen LogP contribution in [0.25, 0.3) is 0 Å². The van der Waals surface area contributed by atoms with Gasteiger partial charge in [0, 0.05) is 5.69 Å². The van der Waals surface area contributed by atoms with Crippen molar-refractivity contribution in [2.45, 2.75) is 18.3 Å². The van der Waals surface area contributed by atoms with Gasteiger partial charge in [-0.3, -0.25) is 9.36 Å². The van der Waals surface area contributed by atoms with Crippen LogP contribution in [0.3, 0.4) is 0 Å². The maximum atomic E-state index is 12.4. The third-order valence-electron chi connectivity index (χ3n) is 4.48. The lowest BCUT2D eigenvalue weighted by Gasteiger charge is -2.11. The van der Waals surface area contributed by atoms with Crippen molar-refractivity contribution < 1.29 is 9.53 Å². The van der Waals surface area contributed by atoms with E-state index in [2.05, 4.69) is 27.6 Å². The monoisotopic (exact) mass is 430 g/mol. The molecule has 1 heterocycles. The van der Waals surface area contributed by atoms with E-state index in [4.69, 9.17) is 4.74 Å². The van der Waals surface area contributed by atoms with Gasteiger partial charge in [0.15, 0.2) is 11.0 Å². The highest BCUT2D eigenvalue weighted by atomic mass is 32.2. The smallest absolute Gasteiger partial charge is 0.234 e. The molecule has 156 valence electrons. The number of nitrogens with one attached hydrogen (secondary N) is 1. The highest BCUT2D eigenvalue weighted by Gasteiger charge is 2.15. The minimum absolute atomic E-state index is 0.0902. The summed E-state index contributed by atoms with van der Waals surface area (Å²) < 4.78 is 7.88. The maximum Gasteiger partial charge on any atom is 0.234 e. The number of aromatic nitrogens is 3. The van der Waals surface area contributed by atoms with Gasteiger partial charge in [-0.15, -0.1) is 10.2 Å². The molecule has 3 aromatic carbocycles. The number of hydrogen-bond donors (Lipinski definition) is 1. The third-order valence-corrected chi connectivity index (χ3v) is 5.44. The number of ether oxygens (including phenoxy) is 1. The molecule has 1 amide bonds. The number of para-hydroxylation sites is 2. The van der Waals surface area contributed by atoms with Crippen LogP contribution in [-0.4, -0.2) is 26.4 Å². The highest BCUT2D eigenvalue weighted by Crippen LogP contribution is 2.21. The third kappa shape index (κ3) is 5.96. The first-order valence-corrected chi connectivity index (χ1v) is 10.9. The summed E-state index contributed by atoms with van der Waals surface area (Å²) in [5.74, 6) is 1.63. The Kier molecular flexibility index (Phi) is 6.97. The summed E-state index contributed by atoms with van der Waals surface area (Å²) in [6.07, 6.45) is 0. The first kappa shape index (κ1) is 20.7. The van der Waals surface area contributed by atoms with E-state index in [0.717, 1.165) is 17.0 Å². The van der Waals surface area contributed by atoms with Gasteiger partial charge in [0.05, 0.1) is 12.3 Å². The Morgan fingerprint density at radius 2 is 1.52 bits per heavy atom. The molecule has 0 bridgehead atoms. The van der Waals surface area contributed by atoms with E-state index in [1.165, 1.54) is 11.8 Å². The molecule has 6 nitrogen and oxygen atoms in total. The summed E-state index contributed by atoms with van der Waals surface area (Å²) in [7, 11) is 0. The van der Waals surface area contributed by atoms with Gasteiger partial charge in [-0.2, -0.15) is 0 Å². The van der Waals surface area contributed by atoms with Crippen LogP contribution in [0.2, 0.25) is 0 Å². The summed E-state index contributed by atoms with van der Waals surface area (Å²) in [4.78, 5) is 12.4. The topological polar surface area (TPSA) is 69.0 Å². The van der Waals surface area contributed by atoms with Crippen molar-refractivity contribution in [1.82, 2.24) is 14.8 Å². The number of nitrogens with zero attached hydrogens (tertiary/aromatic N) is 3. The maximum absolute atomic E-state index is 12.4. The second-order valence-electron chi connectivity index (χ2n) is 6.78. The van der Waals surface area contributed by atoms with Gasteiger partial charge in [-0.25, -0.2) is 0 Å². The number of rotatable bonds is 9. The fourth-order valence-electron chi connectivity index (χ4n) is 2.97. The van der Waals surface area contributed by atoms with Gasteiger partial charge in [0.1, 0.15) is 12.4 Å². The van der Waals surface area contributed by atoms with Crippen molar-refractivity contribution in [3.05, 3.63) is 102 Å². The van der Waals surface area contributed by atoms with E-state index in [1.807, 2.05) is 83.4 Å². The molecule has 0 atom stereocenters. The van der Waals surface area contributed by atoms with E-state index < -0.39 is 0 Å². The molecule has 0 aliphatic rings. The molecular formula is C24H22N4O2S. The van der Waals surface area contributed by atoms with Crippen molar-refractivity contribution in [3.63, 3.8) is 0 Å². The van der Waals surface area contributed by atoms with Crippen LogP contribution >= 0.6 is 11.8 Å². The van der Waals surface area contributed by atoms with Crippen molar-refractivity contribution >= 4 is 23.4 Å². The zero-order valence-corrected chi connectivity index (χ0v) is 17.7. The normalized spacial score (nSPS) is 10.6. The lowest BCUT2D eigenvalue weighted by atomic mass is 10.2. The quantitative estimate of drug-likeness (QED) is 0.392. The molecule has 1 N–H and O–H groups in total. The van der Waals surface area contributed by atoms with Crippen LogP contribution < -0.4 is 10.1 Å². The predicted molar refractivity (Wildman–Crippen MR) is 122 cm³/mol. The van der Waals surface area contributed by atoms with Crippen LogP contribution in [-0.2, 0) is 17.9 Å². The zero-order chi connectivity index (χ0) is 21.3. The zero-order valence-electron chi connectivity index (χ0n) is 16.8. The minimum atomic E-state index is -0.0902. The summed E-state index contributed by atoms with van der Waals surface area (Å²) in [5.41, 5.74) is 1.90. The number of carbonyl (C=O) groups is 1. The van der Waals surface area contributed by atoms with E-state index in [1.54, 1.807) is 0 Å². The average molecular weight is 431 g/mol. The van der Waals surface area contributed by atoms with Crippen molar-refractivity contribution in [2.75, 3.05) is 11.1 Å². The fourth-order valence-corrected chi connectivity index (χ4v) is 3.73. The Bertz CT molecular complexity index is 1100. The molecule has 7 heteroatoms. The summed E-state index contributed by atoms with van der Waals surface area (Å²) in [5, 5.41) is 12.2. The van der Waals surface area contributed by atoms with Crippen LogP contribution in [0.1, 0.15) is 11.4 Å². The lowest BCUT2D eigenvalue weighted by Crippen LogP contribution is -2.15. The van der Waals surface area contributed by atoms with E-state index in [-0.39, 0.29) is 11.7 Å². The first-order chi connectivity index (χ1) is 15.3. The summed E-state index contributed by atoms with van der Waals surface area (Å²) in [6, 6.07) is 29.1. The molecule has 4 rings (SSSR count). The Hall–Kier alpha value is -3.58. The molecular weight excluding hydrogens is 408 g/mol. The SMILES string of the molecule is O=C(CSc1nnc(COc2ccccc2)n1Cc1ccccc1)Nc1ccccc1. The van der Waals surface area contributed by atoms with Crippen LogP contribution in [0, 0.1) is 0 Å².